The molecule has 2 aliphatic carbocycles. The predicted octanol–water partition coefficient (Wildman–Crippen LogP) is 5.55. The van der Waals surface area contributed by atoms with Gasteiger partial charge in [-0.15, -0.1) is 0 Å². The van der Waals surface area contributed by atoms with Crippen molar-refractivity contribution in [2.45, 2.75) is 92.3 Å². The van der Waals surface area contributed by atoms with Gasteiger partial charge in [0, 0.05) is 12.2 Å². The Morgan fingerprint density at radius 2 is 1.07 bits per heavy atom. The third-order valence-corrected chi connectivity index (χ3v) is 6.81. The highest BCUT2D eigenvalue weighted by Crippen LogP contribution is 2.36. The van der Waals surface area contributed by atoms with Crippen LogP contribution in [0.5, 0.6) is 0 Å². The molecule has 0 aromatic carbocycles. The number of carbonyl (C=O) groups excluding carboxylic acids is 2. The van der Waals surface area contributed by atoms with E-state index in [9.17, 15) is 9.59 Å². The van der Waals surface area contributed by atoms with Crippen molar-refractivity contribution in [1.82, 2.24) is 0 Å². The first kappa shape index (κ1) is 23.0. The summed E-state index contributed by atoms with van der Waals surface area (Å²) in [5, 5.41) is 0. The Morgan fingerprint density at radius 3 is 1.39 bits per heavy atom. The quantitative estimate of drug-likeness (QED) is 0.439. The minimum Gasteiger partial charge on any atom is -0.459 e. The second kappa shape index (κ2) is 10.5. The van der Waals surface area contributed by atoms with E-state index in [1.54, 1.807) is 0 Å². The van der Waals surface area contributed by atoms with Gasteiger partial charge >= 0.3 is 11.9 Å². The van der Waals surface area contributed by atoms with E-state index in [1.807, 2.05) is 0 Å². The molecule has 0 saturated heterocycles. The summed E-state index contributed by atoms with van der Waals surface area (Å²) in [5.74, 6) is 2.05. The molecule has 0 spiro atoms. The zero-order chi connectivity index (χ0) is 20.8. The maximum atomic E-state index is 12.3. The van der Waals surface area contributed by atoms with Gasteiger partial charge in [-0.3, -0.25) is 0 Å². The summed E-state index contributed by atoms with van der Waals surface area (Å²) >= 11 is 0. The summed E-state index contributed by atoms with van der Waals surface area (Å²) < 4.78 is 11.4. The van der Waals surface area contributed by atoms with E-state index in [2.05, 4.69) is 41.5 Å². The molecule has 6 atom stereocenters. The fourth-order valence-corrected chi connectivity index (χ4v) is 5.01. The molecule has 0 aliphatic heterocycles. The SMILES string of the molecule is CC(C)[C@H]1CC[C@@H](C)C[C@H]1OC(=O)/C=C/C(=O)O[C@H]1C[C@H](C)CC[C@H]1C(C)C. The van der Waals surface area contributed by atoms with E-state index in [4.69, 9.17) is 9.47 Å². The van der Waals surface area contributed by atoms with Gasteiger partial charge in [0.25, 0.3) is 0 Å². The van der Waals surface area contributed by atoms with Crippen LogP contribution in [-0.4, -0.2) is 24.1 Å². The summed E-state index contributed by atoms with van der Waals surface area (Å²) in [5.41, 5.74) is 0. The van der Waals surface area contributed by atoms with Crippen LogP contribution in [0.1, 0.15) is 80.1 Å². The van der Waals surface area contributed by atoms with Gasteiger partial charge in [0.15, 0.2) is 0 Å². The van der Waals surface area contributed by atoms with Gasteiger partial charge in [0.1, 0.15) is 12.2 Å². The summed E-state index contributed by atoms with van der Waals surface area (Å²) in [7, 11) is 0. The number of esters is 2. The number of rotatable bonds is 6. The van der Waals surface area contributed by atoms with Crippen molar-refractivity contribution in [3.05, 3.63) is 12.2 Å². The van der Waals surface area contributed by atoms with Crippen molar-refractivity contribution in [2.75, 3.05) is 0 Å². The number of hydrogen-bond donors (Lipinski definition) is 0. The minimum atomic E-state index is -0.431. The zero-order valence-corrected chi connectivity index (χ0v) is 18.6. The van der Waals surface area contributed by atoms with Crippen LogP contribution in [0.4, 0.5) is 0 Å². The molecule has 28 heavy (non-hydrogen) atoms. The zero-order valence-electron chi connectivity index (χ0n) is 18.6. The van der Waals surface area contributed by atoms with Crippen molar-refractivity contribution < 1.29 is 19.1 Å². The number of carbonyl (C=O) groups is 2. The summed E-state index contributed by atoms with van der Waals surface area (Å²) in [6.45, 7) is 13.2. The normalized spacial score (nSPS) is 34.0. The molecular weight excluding hydrogens is 352 g/mol. The van der Waals surface area contributed by atoms with Gasteiger partial charge in [-0.05, 0) is 61.2 Å². The molecule has 4 nitrogen and oxygen atoms in total. The second-order valence-electron chi connectivity index (χ2n) is 9.94. The standard InChI is InChI=1S/C24H40O4/c1-15(2)19-9-7-17(5)13-21(19)27-23(25)11-12-24(26)28-22-14-18(6)8-10-20(22)16(3)4/h11-12,15-22H,7-10,13-14H2,1-6H3/b12-11+/t17-,18-,19-,20+,21-,22+/m1/s1. The molecule has 2 saturated carbocycles. The van der Waals surface area contributed by atoms with E-state index in [-0.39, 0.29) is 12.2 Å². The highest BCUT2D eigenvalue weighted by molar-refractivity contribution is 5.91. The number of hydrogen-bond acceptors (Lipinski definition) is 4. The molecule has 0 N–H and O–H groups in total. The molecule has 0 heterocycles. The molecule has 0 bridgehead atoms. The molecule has 0 amide bonds. The van der Waals surface area contributed by atoms with Crippen molar-refractivity contribution in [1.29, 1.82) is 0 Å². The molecule has 2 rings (SSSR count). The van der Waals surface area contributed by atoms with Crippen LogP contribution in [-0.2, 0) is 19.1 Å². The van der Waals surface area contributed by atoms with Crippen LogP contribution in [0, 0.1) is 35.5 Å². The second-order valence-corrected chi connectivity index (χ2v) is 9.94. The molecule has 2 aliphatic rings. The Labute approximate surface area is 171 Å². The first-order chi connectivity index (χ1) is 13.2. The average molecular weight is 393 g/mol. The third kappa shape index (κ3) is 6.63. The molecule has 160 valence electrons. The van der Waals surface area contributed by atoms with E-state index in [0.29, 0.717) is 35.5 Å². The predicted molar refractivity (Wildman–Crippen MR) is 112 cm³/mol. The molecule has 4 heteroatoms. The smallest absolute Gasteiger partial charge is 0.331 e. The van der Waals surface area contributed by atoms with E-state index in [0.717, 1.165) is 25.7 Å². The lowest BCUT2D eigenvalue weighted by Crippen LogP contribution is -2.36. The van der Waals surface area contributed by atoms with Crippen LogP contribution in [0.25, 0.3) is 0 Å². The van der Waals surface area contributed by atoms with Crippen LogP contribution < -0.4 is 0 Å². The van der Waals surface area contributed by atoms with Gasteiger partial charge < -0.3 is 9.47 Å². The molecule has 0 unspecified atom stereocenters. The highest BCUT2D eigenvalue weighted by Gasteiger charge is 2.34. The van der Waals surface area contributed by atoms with E-state index < -0.39 is 11.9 Å². The fraction of sp³-hybridized carbons (Fsp3) is 0.833. The highest BCUT2D eigenvalue weighted by atomic mass is 16.5. The van der Waals surface area contributed by atoms with Gasteiger partial charge in [-0.2, -0.15) is 0 Å². The first-order valence-electron chi connectivity index (χ1n) is 11.3. The van der Waals surface area contributed by atoms with Crippen molar-refractivity contribution in [3.63, 3.8) is 0 Å². The van der Waals surface area contributed by atoms with Crippen LogP contribution in [0.2, 0.25) is 0 Å². The number of ether oxygens (including phenoxy) is 2. The van der Waals surface area contributed by atoms with Gasteiger partial charge in [-0.25, -0.2) is 9.59 Å². The topological polar surface area (TPSA) is 52.6 Å². The van der Waals surface area contributed by atoms with Crippen LogP contribution in [0.15, 0.2) is 12.2 Å². The van der Waals surface area contributed by atoms with E-state index in [1.165, 1.54) is 25.0 Å². The van der Waals surface area contributed by atoms with Crippen molar-refractivity contribution >= 4 is 11.9 Å². The van der Waals surface area contributed by atoms with Gasteiger partial charge in [-0.1, -0.05) is 54.4 Å². The van der Waals surface area contributed by atoms with Gasteiger partial charge in [0.2, 0.25) is 0 Å². The summed E-state index contributed by atoms with van der Waals surface area (Å²) in [4.78, 5) is 24.6. The Kier molecular flexibility index (Phi) is 8.57. The van der Waals surface area contributed by atoms with E-state index >= 15 is 0 Å². The first-order valence-corrected chi connectivity index (χ1v) is 11.3. The molecule has 0 aromatic rings. The van der Waals surface area contributed by atoms with Crippen LogP contribution >= 0.6 is 0 Å². The Hall–Kier alpha value is -1.32. The van der Waals surface area contributed by atoms with Crippen molar-refractivity contribution in [2.24, 2.45) is 35.5 Å². The minimum absolute atomic E-state index is 0.0542. The Morgan fingerprint density at radius 1 is 0.714 bits per heavy atom. The van der Waals surface area contributed by atoms with Crippen molar-refractivity contribution in [3.8, 4) is 0 Å². The Balaban J connectivity index is 1.89. The lowest BCUT2D eigenvalue weighted by molar-refractivity contribution is -0.152. The summed E-state index contributed by atoms with van der Waals surface area (Å²) in [6, 6.07) is 0. The lowest BCUT2D eigenvalue weighted by Gasteiger charge is -2.36. The summed E-state index contributed by atoms with van der Waals surface area (Å²) in [6.07, 6.45) is 8.77. The Bertz CT molecular complexity index is 503. The average Bonchev–Trinajstić information content (AvgIpc) is 2.59. The van der Waals surface area contributed by atoms with Crippen LogP contribution in [0.3, 0.4) is 0 Å². The lowest BCUT2D eigenvalue weighted by atomic mass is 9.75. The maximum absolute atomic E-state index is 12.3. The maximum Gasteiger partial charge on any atom is 0.331 e. The molecule has 2 fully saturated rings. The molecule has 0 aromatic heterocycles. The molecule has 0 radical (unpaired) electrons. The molecular formula is C24H40O4. The fourth-order valence-electron chi connectivity index (χ4n) is 5.01. The third-order valence-electron chi connectivity index (χ3n) is 6.81. The monoisotopic (exact) mass is 392 g/mol. The largest absolute Gasteiger partial charge is 0.459 e. The van der Waals surface area contributed by atoms with Gasteiger partial charge in [0.05, 0.1) is 0 Å².